The third kappa shape index (κ3) is 4.41. The quantitative estimate of drug-likeness (QED) is 0.593. The number of aryl methyl sites for hydroxylation is 3. The first-order valence-electron chi connectivity index (χ1n) is 9.03. The fraction of sp³-hybridized carbons (Fsp3) is 0.217. The van der Waals surface area contributed by atoms with Crippen molar-refractivity contribution in [2.75, 3.05) is 10.6 Å². The van der Waals surface area contributed by atoms with Crippen molar-refractivity contribution in [3.63, 3.8) is 0 Å². The summed E-state index contributed by atoms with van der Waals surface area (Å²) in [6, 6.07) is 14.9. The Morgan fingerprint density at radius 2 is 1.92 bits per heavy atom. The van der Waals surface area contributed by atoms with Gasteiger partial charge in [0.25, 0.3) is 0 Å². The van der Waals surface area contributed by atoms with Crippen molar-refractivity contribution in [3.8, 4) is 0 Å². The second kappa shape index (κ2) is 8.33. The zero-order valence-electron chi connectivity index (χ0n) is 15.7. The van der Waals surface area contributed by atoms with Gasteiger partial charge in [-0.1, -0.05) is 67.7 Å². The first-order valence-corrected chi connectivity index (χ1v) is 9.85. The van der Waals surface area contributed by atoms with Gasteiger partial charge in [0.1, 0.15) is 0 Å². The number of anilines is 2. The van der Waals surface area contributed by atoms with Gasteiger partial charge in [-0.25, -0.2) is 0 Å². The predicted molar refractivity (Wildman–Crippen MR) is 116 cm³/mol. The summed E-state index contributed by atoms with van der Waals surface area (Å²) in [5.74, 6) is 0. The van der Waals surface area contributed by atoms with E-state index in [1.54, 1.807) is 11.8 Å². The van der Waals surface area contributed by atoms with E-state index in [0.717, 1.165) is 29.3 Å². The van der Waals surface area contributed by atoms with E-state index in [4.69, 9.17) is 0 Å². The molecule has 0 atom stereocenters. The second-order valence-corrected chi connectivity index (χ2v) is 7.62. The molecule has 0 aromatic heterocycles. The Hall–Kier alpha value is -2.39. The number of allylic oxidation sites excluding steroid dienone is 2. The van der Waals surface area contributed by atoms with Crippen molar-refractivity contribution in [1.82, 2.24) is 0 Å². The summed E-state index contributed by atoms with van der Waals surface area (Å²) in [4.78, 5) is 1.17. The molecule has 1 aliphatic rings. The predicted octanol–water partition coefficient (Wildman–Crippen LogP) is 6.77. The summed E-state index contributed by atoms with van der Waals surface area (Å²) in [7, 11) is 0. The molecular formula is C23H26N2S. The van der Waals surface area contributed by atoms with Crippen LogP contribution in [0, 0.1) is 13.8 Å². The van der Waals surface area contributed by atoms with E-state index in [9.17, 15) is 0 Å². The number of para-hydroxylation sites is 1. The van der Waals surface area contributed by atoms with Gasteiger partial charge in [0.05, 0.1) is 5.03 Å². The van der Waals surface area contributed by atoms with Gasteiger partial charge < -0.3 is 10.6 Å². The second-order valence-electron chi connectivity index (χ2n) is 6.54. The molecule has 0 unspecified atom stereocenters. The van der Waals surface area contributed by atoms with Crippen LogP contribution >= 0.6 is 11.8 Å². The maximum absolute atomic E-state index is 4.29. The number of hydrogen-bond acceptors (Lipinski definition) is 3. The summed E-state index contributed by atoms with van der Waals surface area (Å²) in [6.07, 6.45) is 6.36. The largest absolute Gasteiger partial charge is 0.355 e. The van der Waals surface area contributed by atoms with Crippen LogP contribution in [0.5, 0.6) is 0 Å². The molecule has 2 nitrogen and oxygen atoms in total. The molecule has 0 saturated carbocycles. The highest BCUT2D eigenvalue weighted by Gasteiger charge is 2.13. The minimum Gasteiger partial charge on any atom is -0.355 e. The third-order valence-corrected chi connectivity index (χ3v) is 5.55. The smallest absolute Gasteiger partial charge is 0.0737 e. The minimum absolute atomic E-state index is 0.908. The molecule has 2 aromatic rings. The Labute approximate surface area is 161 Å². The third-order valence-electron chi connectivity index (χ3n) is 4.43. The standard InChI is InChI=1S/C23H26N2S/c1-5-19-11-7-10-17(3)23(19)24-18(4)21-13-8-14-22(26-21)25-20-12-6-9-16(2)15-20/h6-7,9-15,24-25H,4-5,8H2,1-3H3. The number of rotatable bonds is 6. The molecule has 0 saturated heterocycles. The molecule has 26 heavy (non-hydrogen) atoms. The van der Waals surface area contributed by atoms with Crippen LogP contribution in [-0.2, 0) is 6.42 Å². The maximum atomic E-state index is 4.29. The van der Waals surface area contributed by atoms with E-state index in [1.165, 1.54) is 27.3 Å². The lowest BCUT2D eigenvalue weighted by Crippen LogP contribution is -2.07. The Balaban J connectivity index is 1.69. The zero-order valence-corrected chi connectivity index (χ0v) is 16.5. The van der Waals surface area contributed by atoms with Crippen LogP contribution in [0.3, 0.4) is 0 Å². The molecule has 0 spiro atoms. The van der Waals surface area contributed by atoms with Gasteiger partial charge in [-0.3, -0.25) is 0 Å². The van der Waals surface area contributed by atoms with Gasteiger partial charge in [-0.05, 0) is 55.5 Å². The first kappa shape index (κ1) is 18.4. The molecule has 0 bridgehead atoms. The average Bonchev–Trinajstić information content (AvgIpc) is 2.63. The topological polar surface area (TPSA) is 24.1 Å². The van der Waals surface area contributed by atoms with Crippen molar-refractivity contribution in [3.05, 3.63) is 93.5 Å². The van der Waals surface area contributed by atoms with E-state index in [2.05, 4.69) is 92.6 Å². The molecule has 2 aromatic carbocycles. The fourth-order valence-electron chi connectivity index (χ4n) is 3.02. The van der Waals surface area contributed by atoms with Gasteiger partial charge in [-0.2, -0.15) is 0 Å². The number of nitrogens with one attached hydrogen (secondary N) is 2. The lowest BCUT2D eigenvalue weighted by Gasteiger charge is -2.21. The van der Waals surface area contributed by atoms with Crippen LogP contribution in [0.4, 0.5) is 11.4 Å². The van der Waals surface area contributed by atoms with Crippen LogP contribution in [0.25, 0.3) is 0 Å². The van der Waals surface area contributed by atoms with E-state index in [-0.39, 0.29) is 0 Å². The lowest BCUT2D eigenvalue weighted by molar-refractivity contribution is 1.13. The van der Waals surface area contributed by atoms with E-state index in [0.29, 0.717) is 0 Å². The van der Waals surface area contributed by atoms with Crippen LogP contribution in [0.15, 0.2) is 76.8 Å². The summed E-state index contributed by atoms with van der Waals surface area (Å²) in [6.45, 7) is 10.7. The molecule has 0 radical (unpaired) electrons. The minimum atomic E-state index is 0.908. The van der Waals surface area contributed by atoms with Gasteiger partial charge in [0, 0.05) is 22.0 Å². The zero-order chi connectivity index (χ0) is 18.5. The summed E-state index contributed by atoms with van der Waals surface area (Å²) >= 11 is 1.73. The van der Waals surface area contributed by atoms with Crippen molar-refractivity contribution in [2.24, 2.45) is 0 Å². The molecule has 1 heterocycles. The average molecular weight is 363 g/mol. The van der Waals surface area contributed by atoms with Crippen LogP contribution in [0.1, 0.15) is 30.0 Å². The van der Waals surface area contributed by atoms with Gasteiger partial charge >= 0.3 is 0 Å². The van der Waals surface area contributed by atoms with Crippen LogP contribution in [0.2, 0.25) is 0 Å². The monoisotopic (exact) mass is 362 g/mol. The molecular weight excluding hydrogens is 336 g/mol. The molecule has 3 rings (SSSR count). The summed E-state index contributed by atoms with van der Waals surface area (Å²) in [5, 5.41) is 8.22. The Morgan fingerprint density at radius 3 is 2.69 bits per heavy atom. The molecule has 0 aliphatic carbocycles. The Kier molecular flexibility index (Phi) is 5.89. The van der Waals surface area contributed by atoms with E-state index in [1.807, 2.05) is 0 Å². The van der Waals surface area contributed by atoms with Crippen LogP contribution < -0.4 is 10.6 Å². The highest BCUT2D eigenvalue weighted by molar-refractivity contribution is 8.07. The Morgan fingerprint density at radius 1 is 1.12 bits per heavy atom. The summed E-state index contributed by atoms with van der Waals surface area (Å²) < 4.78 is 0. The fourth-order valence-corrected chi connectivity index (χ4v) is 3.95. The molecule has 134 valence electrons. The van der Waals surface area contributed by atoms with Crippen molar-refractivity contribution >= 4 is 23.1 Å². The molecule has 0 amide bonds. The first-order chi connectivity index (χ1) is 12.6. The van der Waals surface area contributed by atoms with Gasteiger partial charge in [-0.15, -0.1) is 0 Å². The molecule has 3 heteroatoms. The molecule has 1 aliphatic heterocycles. The van der Waals surface area contributed by atoms with E-state index < -0.39 is 0 Å². The number of hydrogen-bond donors (Lipinski definition) is 2. The lowest BCUT2D eigenvalue weighted by atomic mass is 10.1. The highest BCUT2D eigenvalue weighted by atomic mass is 32.2. The van der Waals surface area contributed by atoms with Gasteiger partial charge in [0.15, 0.2) is 0 Å². The number of benzene rings is 2. The van der Waals surface area contributed by atoms with Crippen molar-refractivity contribution in [2.45, 2.75) is 33.6 Å². The van der Waals surface area contributed by atoms with E-state index >= 15 is 0 Å². The van der Waals surface area contributed by atoms with Crippen molar-refractivity contribution < 1.29 is 0 Å². The normalized spacial score (nSPS) is 13.7. The van der Waals surface area contributed by atoms with Crippen molar-refractivity contribution in [1.29, 1.82) is 0 Å². The molecule has 2 N–H and O–H groups in total. The van der Waals surface area contributed by atoms with Gasteiger partial charge in [0.2, 0.25) is 0 Å². The SMILES string of the molecule is C=C(Nc1c(C)cccc1CC)C1=CCC=C(Nc2cccc(C)c2)S1. The summed E-state index contributed by atoms with van der Waals surface area (Å²) in [5.41, 5.74) is 7.09. The van der Waals surface area contributed by atoms with Crippen LogP contribution in [-0.4, -0.2) is 0 Å². The molecule has 0 fully saturated rings. The number of thioether (sulfide) groups is 1. The highest BCUT2D eigenvalue weighted by Crippen LogP contribution is 2.36. The maximum Gasteiger partial charge on any atom is 0.0737 e. The Bertz CT molecular complexity index is 878.